The fourth-order valence-corrected chi connectivity index (χ4v) is 11.4. The van der Waals surface area contributed by atoms with E-state index in [4.69, 9.17) is 8.83 Å². The van der Waals surface area contributed by atoms with Gasteiger partial charge < -0.3 is 18.2 Å². The molecule has 4 nitrogen and oxygen atoms in total. The number of fused-ring (bicyclic) bond motifs is 17. The Bertz CT molecular complexity index is 3740. The number of rotatable bonds is 1. The van der Waals surface area contributed by atoms with Gasteiger partial charge in [0.05, 0.1) is 11.0 Å². The Kier molecular flexibility index (Phi) is 5.92. The Hall–Kier alpha value is -6.98. The third-order valence-corrected chi connectivity index (χ3v) is 14.3. The Morgan fingerprint density at radius 3 is 1.93 bits per heavy atom. The number of benzene rings is 8. The summed E-state index contributed by atoms with van der Waals surface area (Å²) in [5.41, 5.74) is 21.3. The van der Waals surface area contributed by atoms with Crippen LogP contribution in [0.3, 0.4) is 0 Å². The van der Waals surface area contributed by atoms with Crippen LogP contribution in [0.1, 0.15) is 51.3 Å². The van der Waals surface area contributed by atoms with Gasteiger partial charge in [0.2, 0.25) is 0 Å². The van der Waals surface area contributed by atoms with Crippen molar-refractivity contribution < 1.29 is 8.83 Å². The predicted octanol–water partition coefficient (Wildman–Crippen LogP) is 13.4. The first-order valence-corrected chi connectivity index (χ1v) is 21.2. The molecule has 3 aliphatic rings. The summed E-state index contributed by atoms with van der Waals surface area (Å²) in [6.07, 6.45) is 0. The number of aromatic nitrogens is 1. The van der Waals surface area contributed by atoms with Crippen LogP contribution in [0.4, 0.5) is 11.4 Å². The normalized spacial score (nSPS) is 14.8. The van der Waals surface area contributed by atoms with E-state index in [1.54, 1.807) is 0 Å². The van der Waals surface area contributed by atoms with Crippen LogP contribution in [0.15, 0.2) is 154 Å². The van der Waals surface area contributed by atoms with Crippen LogP contribution >= 0.6 is 0 Å². The molecule has 2 aliphatic heterocycles. The van der Waals surface area contributed by atoms with Crippen molar-refractivity contribution >= 4 is 94.8 Å². The molecule has 0 N–H and O–H groups in total. The summed E-state index contributed by atoms with van der Waals surface area (Å²) in [4.78, 5) is 2.64. The molecule has 14 rings (SSSR count). The molecule has 0 saturated heterocycles. The molecule has 0 saturated carbocycles. The summed E-state index contributed by atoms with van der Waals surface area (Å²) in [6.45, 7) is 11.6. The van der Waals surface area contributed by atoms with E-state index in [-0.39, 0.29) is 17.7 Å². The van der Waals surface area contributed by atoms with Crippen molar-refractivity contribution in [3.8, 4) is 27.9 Å². The smallest absolute Gasteiger partial charge is 0.333 e. The van der Waals surface area contributed by atoms with Crippen molar-refractivity contribution in [3.63, 3.8) is 0 Å². The molecular weight excluding hydrogens is 731 g/mol. The summed E-state index contributed by atoms with van der Waals surface area (Å²) in [6, 6.07) is 54.5. The SMILES string of the molecule is CC(C)(C)c1ccc(N2B3c4cc5c(cc4-n4c6cc7oc8ccccc8c7cc6c6ccc(c3c64)-c3cc4oc6ccccc6c4cc32)-c2ccccc2C5(C)C)cc1. The third-order valence-electron chi connectivity index (χ3n) is 14.3. The van der Waals surface area contributed by atoms with Crippen LogP contribution in [0.25, 0.3) is 93.6 Å². The van der Waals surface area contributed by atoms with Crippen molar-refractivity contribution in [3.05, 3.63) is 162 Å². The van der Waals surface area contributed by atoms with Gasteiger partial charge in [-0.05, 0) is 98.3 Å². The lowest BCUT2D eigenvalue weighted by atomic mass is 9.43. The molecule has 60 heavy (non-hydrogen) atoms. The molecule has 8 aromatic carbocycles. The zero-order chi connectivity index (χ0) is 40.0. The van der Waals surface area contributed by atoms with Crippen LogP contribution in [-0.4, -0.2) is 11.4 Å². The standard InChI is InChI=1S/C55H39BN2O2/c1-54(2,3)30-18-20-31(21-19-30)58-46-26-41-34-14-8-11-17-49(34)59-50(41)27-39(46)35-22-23-36-38-24-40-33-13-7-10-16-48(33)60-51(40)29-45(38)57-47-25-37-32-12-6-9-15-42(32)55(4,5)43(37)28-44(47)56(58)52(35)53(36)57/h6-29H,1-5H3. The molecule has 0 fully saturated rings. The molecule has 1 aliphatic carbocycles. The highest BCUT2D eigenvalue weighted by Crippen LogP contribution is 2.52. The Morgan fingerprint density at radius 2 is 1.18 bits per heavy atom. The van der Waals surface area contributed by atoms with Gasteiger partial charge in [-0.1, -0.05) is 126 Å². The summed E-state index contributed by atoms with van der Waals surface area (Å²) >= 11 is 0. The van der Waals surface area contributed by atoms with E-state index in [0.717, 1.165) is 49.4 Å². The topological polar surface area (TPSA) is 34.5 Å². The highest BCUT2D eigenvalue weighted by atomic mass is 16.3. The zero-order valence-electron chi connectivity index (χ0n) is 34.1. The van der Waals surface area contributed by atoms with Gasteiger partial charge >= 0.3 is 6.85 Å². The summed E-state index contributed by atoms with van der Waals surface area (Å²) in [7, 11) is 0. The van der Waals surface area contributed by atoms with Crippen molar-refractivity contribution in [2.75, 3.05) is 4.81 Å². The molecule has 0 atom stereocenters. The minimum Gasteiger partial charge on any atom is -0.456 e. The molecule has 5 heterocycles. The molecule has 0 radical (unpaired) electrons. The van der Waals surface area contributed by atoms with E-state index in [1.165, 1.54) is 83.2 Å². The number of hydrogen-bond acceptors (Lipinski definition) is 3. The monoisotopic (exact) mass is 770 g/mol. The number of para-hydroxylation sites is 2. The average molecular weight is 771 g/mol. The quantitative estimate of drug-likeness (QED) is 0.156. The molecule has 0 amide bonds. The third kappa shape index (κ3) is 3.98. The number of nitrogens with zero attached hydrogens (tertiary/aromatic N) is 2. The summed E-state index contributed by atoms with van der Waals surface area (Å²) < 4.78 is 15.8. The van der Waals surface area contributed by atoms with E-state index in [1.807, 2.05) is 0 Å². The minimum atomic E-state index is -0.164. The molecule has 11 aromatic rings. The Labute approximate surface area is 347 Å². The first-order chi connectivity index (χ1) is 29.1. The van der Waals surface area contributed by atoms with Gasteiger partial charge in [0.15, 0.2) is 0 Å². The van der Waals surface area contributed by atoms with Gasteiger partial charge in [0.25, 0.3) is 0 Å². The van der Waals surface area contributed by atoms with E-state index < -0.39 is 0 Å². The highest BCUT2D eigenvalue weighted by molar-refractivity contribution is 6.93. The van der Waals surface area contributed by atoms with Gasteiger partial charge in [-0.15, -0.1) is 0 Å². The maximum atomic E-state index is 6.62. The number of hydrogen-bond donors (Lipinski definition) is 0. The lowest BCUT2D eigenvalue weighted by molar-refractivity contribution is 0.590. The van der Waals surface area contributed by atoms with Crippen LogP contribution in [0, 0.1) is 0 Å². The van der Waals surface area contributed by atoms with Crippen molar-refractivity contribution in [2.24, 2.45) is 0 Å². The van der Waals surface area contributed by atoms with Crippen molar-refractivity contribution in [1.82, 2.24) is 4.57 Å². The maximum absolute atomic E-state index is 6.62. The van der Waals surface area contributed by atoms with E-state index in [2.05, 4.69) is 190 Å². The van der Waals surface area contributed by atoms with Crippen LogP contribution in [0.5, 0.6) is 0 Å². The van der Waals surface area contributed by atoms with E-state index in [9.17, 15) is 0 Å². The van der Waals surface area contributed by atoms with Gasteiger partial charge in [-0.2, -0.15) is 0 Å². The first kappa shape index (κ1) is 32.9. The largest absolute Gasteiger partial charge is 0.456 e. The maximum Gasteiger partial charge on any atom is 0.333 e. The van der Waals surface area contributed by atoms with Crippen molar-refractivity contribution in [2.45, 2.75) is 45.4 Å². The second-order valence-corrected chi connectivity index (χ2v) is 18.9. The number of anilines is 2. The summed E-state index contributed by atoms with van der Waals surface area (Å²) in [5, 5.41) is 7.05. The zero-order valence-corrected chi connectivity index (χ0v) is 34.1. The summed E-state index contributed by atoms with van der Waals surface area (Å²) in [5.74, 6) is 0. The fraction of sp³-hybridized carbons (Fsp3) is 0.127. The molecule has 3 aromatic heterocycles. The second-order valence-electron chi connectivity index (χ2n) is 18.9. The fourth-order valence-electron chi connectivity index (χ4n) is 11.4. The molecule has 284 valence electrons. The number of furan rings is 2. The minimum absolute atomic E-state index is 0.0308. The molecule has 5 heteroatoms. The predicted molar refractivity (Wildman–Crippen MR) is 251 cm³/mol. The molecule has 0 bridgehead atoms. The Balaban J connectivity index is 1.16. The molecular formula is C55H39BN2O2. The van der Waals surface area contributed by atoms with Gasteiger partial charge in [0.1, 0.15) is 22.3 Å². The van der Waals surface area contributed by atoms with Crippen LogP contribution in [-0.2, 0) is 10.8 Å². The van der Waals surface area contributed by atoms with Crippen molar-refractivity contribution in [1.29, 1.82) is 0 Å². The van der Waals surface area contributed by atoms with Crippen LogP contribution < -0.4 is 15.7 Å². The lowest BCUT2D eigenvalue weighted by Gasteiger charge is -2.42. The first-order valence-electron chi connectivity index (χ1n) is 21.2. The average Bonchev–Trinajstić information content (AvgIpc) is 3.97. The van der Waals surface area contributed by atoms with Gasteiger partial charge in [0, 0.05) is 66.4 Å². The second kappa shape index (κ2) is 10.8. The molecule has 0 spiro atoms. The van der Waals surface area contributed by atoms with Gasteiger partial charge in [-0.25, -0.2) is 0 Å². The Morgan fingerprint density at radius 1 is 0.500 bits per heavy atom. The highest BCUT2D eigenvalue weighted by Gasteiger charge is 2.46. The van der Waals surface area contributed by atoms with Crippen LogP contribution in [0.2, 0.25) is 0 Å². The van der Waals surface area contributed by atoms with E-state index in [0.29, 0.717) is 0 Å². The van der Waals surface area contributed by atoms with Gasteiger partial charge in [-0.3, -0.25) is 0 Å². The molecule has 0 unspecified atom stereocenters. The lowest BCUT2D eigenvalue weighted by Crippen LogP contribution is -2.60. The van der Waals surface area contributed by atoms with E-state index >= 15 is 0 Å².